The molecule has 2 aliphatic rings. The highest BCUT2D eigenvalue weighted by atomic mass is 28.3. The fourth-order valence-corrected chi connectivity index (χ4v) is 12.7. The van der Waals surface area contributed by atoms with Crippen LogP contribution in [0.5, 0.6) is 0 Å². The van der Waals surface area contributed by atoms with Crippen LogP contribution < -0.4 is 15.0 Å². The standard InChI is InChI=1S/C65H50N2Si/c1-43-23-28-51(29-24-43)66(49-16-7-5-8-17-49)53-30-25-45-39-58-59-40-46-26-31-54(67(50-18-9-6-10-19-50)52-32-34-55(35-33-52)68(2,3)4)38-48(46)42-63(59)65(62(58)41-47(45)37-53)60-22-14-13-21-57(60)64-56-20-12-11-15-44(56)27-36-61(64)65/h5-42H,1-4H3. The first-order valence-corrected chi connectivity index (χ1v) is 27.4. The lowest BCUT2D eigenvalue weighted by molar-refractivity contribution is 0.797. The summed E-state index contributed by atoms with van der Waals surface area (Å²) in [4.78, 5) is 4.80. The van der Waals surface area contributed by atoms with Gasteiger partial charge < -0.3 is 9.80 Å². The molecule has 0 fully saturated rings. The van der Waals surface area contributed by atoms with E-state index in [0.29, 0.717) is 0 Å². The summed E-state index contributed by atoms with van der Waals surface area (Å²) in [5.74, 6) is 0. The maximum Gasteiger partial charge on any atom is 0.0775 e. The van der Waals surface area contributed by atoms with Crippen molar-refractivity contribution in [1.29, 1.82) is 0 Å². The zero-order valence-electron chi connectivity index (χ0n) is 38.8. The molecule has 324 valence electrons. The van der Waals surface area contributed by atoms with Crippen molar-refractivity contribution in [3.8, 4) is 22.3 Å². The molecular weight excluding hydrogens is 837 g/mol. The molecule has 13 rings (SSSR count). The van der Waals surface area contributed by atoms with Gasteiger partial charge in [0.05, 0.1) is 13.5 Å². The zero-order chi connectivity index (χ0) is 45.7. The number of para-hydroxylation sites is 2. The van der Waals surface area contributed by atoms with Crippen LogP contribution in [0.1, 0.15) is 27.8 Å². The maximum absolute atomic E-state index is 2.54. The Morgan fingerprint density at radius 1 is 0.324 bits per heavy atom. The Balaban J connectivity index is 1.06. The molecule has 0 saturated carbocycles. The van der Waals surface area contributed by atoms with Crippen LogP contribution in [0.2, 0.25) is 19.6 Å². The number of hydrogen-bond acceptors (Lipinski definition) is 2. The summed E-state index contributed by atoms with van der Waals surface area (Å²) >= 11 is 0. The van der Waals surface area contributed by atoms with Crippen molar-refractivity contribution in [3.05, 3.63) is 258 Å². The molecule has 0 heterocycles. The fourth-order valence-electron chi connectivity index (χ4n) is 11.5. The van der Waals surface area contributed by atoms with Gasteiger partial charge in [0.1, 0.15) is 0 Å². The van der Waals surface area contributed by atoms with Gasteiger partial charge in [0.2, 0.25) is 0 Å². The van der Waals surface area contributed by atoms with Crippen LogP contribution in [-0.2, 0) is 5.41 Å². The Labute approximate surface area is 400 Å². The molecule has 2 aliphatic carbocycles. The summed E-state index contributed by atoms with van der Waals surface area (Å²) in [6.45, 7) is 9.40. The largest absolute Gasteiger partial charge is 0.310 e. The predicted molar refractivity (Wildman–Crippen MR) is 292 cm³/mol. The minimum atomic E-state index is -1.48. The van der Waals surface area contributed by atoms with E-state index < -0.39 is 13.5 Å². The van der Waals surface area contributed by atoms with E-state index in [9.17, 15) is 0 Å². The first-order chi connectivity index (χ1) is 33.2. The van der Waals surface area contributed by atoms with Crippen molar-refractivity contribution in [2.75, 3.05) is 9.80 Å². The van der Waals surface area contributed by atoms with Gasteiger partial charge >= 0.3 is 0 Å². The monoisotopic (exact) mass is 886 g/mol. The van der Waals surface area contributed by atoms with Crippen LogP contribution in [0.3, 0.4) is 0 Å². The maximum atomic E-state index is 2.54. The number of rotatable bonds is 7. The van der Waals surface area contributed by atoms with Gasteiger partial charge in [0.15, 0.2) is 0 Å². The summed E-state index contributed by atoms with van der Waals surface area (Å²) in [7, 11) is -1.48. The summed E-state index contributed by atoms with van der Waals surface area (Å²) in [6, 6.07) is 86.8. The first-order valence-electron chi connectivity index (χ1n) is 23.9. The predicted octanol–water partition coefficient (Wildman–Crippen LogP) is 17.3. The Morgan fingerprint density at radius 2 is 0.794 bits per heavy atom. The Morgan fingerprint density at radius 3 is 1.37 bits per heavy atom. The van der Waals surface area contributed by atoms with Gasteiger partial charge in [0.25, 0.3) is 0 Å². The fraction of sp³-hybridized carbons (Fsp3) is 0.0769. The number of nitrogens with zero attached hydrogens (tertiary/aromatic N) is 2. The zero-order valence-corrected chi connectivity index (χ0v) is 39.8. The third-order valence-corrected chi connectivity index (χ3v) is 16.8. The summed E-state index contributed by atoms with van der Waals surface area (Å²) in [6.07, 6.45) is 0. The van der Waals surface area contributed by atoms with Crippen molar-refractivity contribution in [2.45, 2.75) is 32.0 Å². The molecule has 1 spiro atoms. The van der Waals surface area contributed by atoms with Crippen LogP contribution in [-0.4, -0.2) is 8.07 Å². The van der Waals surface area contributed by atoms with E-state index in [4.69, 9.17) is 0 Å². The van der Waals surface area contributed by atoms with E-state index in [1.54, 1.807) is 0 Å². The molecule has 11 aromatic rings. The minimum Gasteiger partial charge on any atom is -0.310 e. The average Bonchev–Trinajstić information content (AvgIpc) is 3.82. The van der Waals surface area contributed by atoms with Gasteiger partial charge in [-0.3, -0.25) is 0 Å². The van der Waals surface area contributed by atoms with E-state index in [0.717, 1.165) is 34.1 Å². The van der Waals surface area contributed by atoms with Crippen LogP contribution in [0, 0.1) is 6.92 Å². The molecule has 0 saturated heterocycles. The molecule has 0 amide bonds. The lowest BCUT2D eigenvalue weighted by Gasteiger charge is -2.31. The van der Waals surface area contributed by atoms with Crippen LogP contribution in [0.15, 0.2) is 231 Å². The van der Waals surface area contributed by atoms with E-state index in [-0.39, 0.29) is 0 Å². The normalized spacial score (nSPS) is 14.5. The highest BCUT2D eigenvalue weighted by Crippen LogP contribution is 2.65. The summed E-state index contributed by atoms with van der Waals surface area (Å²) in [5, 5.41) is 8.93. The van der Waals surface area contributed by atoms with Gasteiger partial charge in [-0.1, -0.05) is 164 Å². The highest BCUT2D eigenvalue weighted by molar-refractivity contribution is 6.88. The molecule has 0 aromatic heterocycles. The molecule has 0 radical (unpaired) electrons. The number of hydrogen-bond donors (Lipinski definition) is 0. The van der Waals surface area contributed by atoms with Gasteiger partial charge in [-0.05, 0) is 181 Å². The molecule has 0 N–H and O–H groups in total. The second kappa shape index (κ2) is 15.3. The first kappa shape index (κ1) is 40.3. The number of benzene rings is 11. The van der Waals surface area contributed by atoms with Gasteiger partial charge in [0, 0.05) is 34.1 Å². The molecule has 3 heteroatoms. The van der Waals surface area contributed by atoms with E-state index in [1.165, 1.54) is 87.6 Å². The van der Waals surface area contributed by atoms with Crippen molar-refractivity contribution in [2.24, 2.45) is 0 Å². The Bertz CT molecular complexity index is 3780. The molecule has 2 nitrogen and oxygen atoms in total. The smallest absolute Gasteiger partial charge is 0.0775 e. The van der Waals surface area contributed by atoms with E-state index in [1.807, 2.05) is 0 Å². The van der Waals surface area contributed by atoms with Crippen molar-refractivity contribution in [3.63, 3.8) is 0 Å². The van der Waals surface area contributed by atoms with Crippen LogP contribution in [0.4, 0.5) is 34.1 Å². The molecule has 0 bridgehead atoms. The number of anilines is 6. The van der Waals surface area contributed by atoms with Crippen molar-refractivity contribution < 1.29 is 0 Å². The van der Waals surface area contributed by atoms with Gasteiger partial charge in [-0.15, -0.1) is 0 Å². The van der Waals surface area contributed by atoms with Crippen molar-refractivity contribution >= 4 is 79.7 Å². The lowest BCUT2D eigenvalue weighted by Crippen LogP contribution is -2.37. The number of aryl methyl sites for hydroxylation is 1. The Hall–Kier alpha value is -7.98. The lowest BCUT2D eigenvalue weighted by atomic mass is 9.70. The van der Waals surface area contributed by atoms with Gasteiger partial charge in [-0.25, -0.2) is 0 Å². The van der Waals surface area contributed by atoms with Crippen LogP contribution >= 0.6 is 0 Å². The molecule has 1 atom stereocenters. The quantitative estimate of drug-likeness (QED) is 0.147. The average molecular weight is 887 g/mol. The molecule has 11 aromatic carbocycles. The molecular formula is C65H50N2Si. The van der Waals surface area contributed by atoms with E-state index in [2.05, 4.69) is 267 Å². The molecule has 68 heavy (non-hydrogen) atoms. The number of fused-ring (bicyclic) bond motifs is 14. The van der Waals surface area contributed by atoms with E-state index >= 15 is 0 Å². The third kappa shape index (κ3) is 6.16. The Kier molecular flexibility index (Phi) is 9.06. The van der Waals surface area contributed by atoms with Crippen LogP contribution in [0.25, 0.3) is 54.6 Å². The topological polar surface area (TPSA) is 6.48 Å². The second-order valence-corrected chi connectivity index (χ2v) is 24.9. The third-order valence-electron chi connectivity index (χ3n) is 14.8. The summed E-state index contributed by atoms with van der Waals surface area (Å²) < 4.78 is 0. The summed E-state index contributed by atoms with van der Waals surface area (Å²) in [5.41, 5.74) is 18.2. The van der Waals surface area contributed by atoms with Crippen molar-refractivity contribution in [1.82, 2.24) is 0 Å². The SMILES string of the molecule is Cc1ccc(N(c2ccccc2)c2ccc3cc4c(cc3c2)C2(c3cc5cc(N(c6ccccc6)c6ccc([Si](C)(C)C)cc6)ccc5cc3-4)c3ccccc3-c3c2ccc2ccccc32)cc1. The molecule has 0 aliphatic heterocycles. The van der Waals surface area contributed by atoms with Gasteiger partial charge in [-0.2, -0.15) is 0 Å². The highest BCUT2D eigenvalue weighted by Gasteiger charge is 2.52. The minimum absolute atomic E-state index is 0.545. The molecule has 1 unspecified atom stereocenters. The second-order valence-electron chi connectivity index (χ2n) is 19.8.